The van der Waals surface area contributed by atoms with E-state index in [-0.39, 0.29) is 22.5 Å². The van der Waals surface area contributed by atoms with Crippen molar-refractivity contribution in [3.8, 4) is 0 Å². The van der Waals surface area contributed by atoms with Crippen LogP contribution in [0.3, 0.4) is 0 Å². The third-order valence-electron chi connectivity index (χ3n) is 4.19. The van der Waals surface area contributed by atoms with Crippen molar-refractivity contribution in [2.75, 3.05) is 0 Å². The molecule has 0 amide bonds. The van der Waals surface area contributed by atoms with Crippen molar-refractivity contribution in [2.24, 2.45) is 5.41 Å². The Morgan fingerprint density at radius 1 is 1.41 bits per heavy atom. The highest BCUT2D eigenvalue weighted by atomic mass is 35.5. The Balaban J connectivity index is 2.39. The zero-order valence-corrected chi connectivity index (χ0v) is 11.3. The van der Waals surface area contributed by atoms with Crippen LogP contribution in [0.5, 0.6) is 0 Å². The van der Waals surface area contributed by atoms with Crippen molar-refractivity contribution < 1.29 is 9.50 Å². The summed E-state index contributed by atoms with van der Waals surface area (Å²) in [6.07, 6.45) is 1.12. The van der Waals surface area contributed by atoms with Gasteiger partial charge in [-0.1, -0.05) is 37.0 Å². The van der Waals surface area contributed by atoms with Gasteiger partial charge in [0.2, 0.25) is 0 Å². The first-order valence-corrected chi connectivity index (χ1v) is 6.48. The van der Waals surface area contributed by atoms with Gasteiger partial charge in [0, 0.05) is 10.4 Å². The van der Waals surface area contributed by atoms with Gasteiger partial charge in [-0.25, -0.2) is 4.39 Å². The van der Waals surface area contributed by atoms with Crippen molar-refractivity contribution in [1.82, 2.24) is 0 Å². The summed E-state index contributed by atoms with van der Waals surface area (Å²) in [6.45, 7) is 4.03. The second-order valence-electron chi connectivity index (χ2n) is 4.95. The summed E-state index contributed by atoms with van der Waals surface area (Å²) in [4.78, 5) is 0. The van der Waals surface area contributed by atoms with E-state index in [0.717, 1.165) is 12.0 Å². The molecule has 1 N–H and O–H groups in total. The number of aliphatic hydroxyl groups is 1. The SMILES string of the molecule is CCC1(C)C(O)CC1c1cc(F)c(Cl)cc1Cl. The molecular weight excluding hydrogens is 262 g/mol. The fourth-order valence-corrected chi connectivity index (χ4v) is 3.12. The molecule has 1 aromatic carbocycles. The molecule has 3 unspecified atom stereocenters. The topological polar surface area (TPSA) is 20.2 Å². The highest BCUT2D eigenvalue weighted by Crippen LogP contribution is 2.56. The fraction of sp³-hybridized carbons (Fsp3) is 0.538. The molecule has 0 heterocycles. The summed E-state index contributed by atoms with van der Waals surface area (Å²) in [5, 5.41) is 10.4. The second-order valence-corrected chi connectivity index (χ2v) is 5.77. The molecular formula is C13H15Cl2FO. The highest BCUT2D eigenvalue weighted by molar-refractivity contribution is 6.35. The number of benzene rings is 1. The van der Waals surface area contributed by atoms with Crippen LogP contribution in [0.15, 0.2) is 12.1 Å². The van der Waals surface area contributed by atoms with Crippen molar-refractivity contribution in [2.45, 2.75) is 38.7 Å². The zero-order valence-electron chi connectivity index (χ0n) is 9.80. The minimum Gasteiger partial charge on any atom is -0.393 e. The lowest BCUT2D eigenvalue weighted by Gasteiger charge is -2.52. The van der Waals surface area contributed by atoms with Crippen LogP contribution in [0.2, 0.25) is 10.0 Å². The highest BCUT2D eigenvalue weighted by Gasteiger charge is 2.50. The monoisotopic (exact) mass is 276 g/mol. The molecule has 0 bridgehead atoms. The van der Waals surface area contributed by atoms with Gasteiger partial charge in [-0.2, -0.15) is 0 Å². The minimum atomic E-state index is -0.453. The summed E-state index contributed by atoms with van der Waals surface area (Å²) in [5.74, 6) is -0.354. The minimum absolute atomic E-state index is 0.0387. The quantitative estimate of drug-likeness (QED) is 0.794. The molecule has 94 valence electrons. The fourth-order valence-electron chi connectivity index (χ4n) is 2.60. The molecule has 0 radical (unpaired) electrons. The molecule has 17 heavy (non-hydrogen) atoms. The van der Waals surface area contributed by atoms with Crippen molar-refractivity contribution in [3.05, 3.63) is 33.6 Å². The first-order chi connectivity index (χ1) is 7.90. The average Bonchev–Trinajstić information content (AvgIpc) is 2.30. The van der Waals surface area contributed by atoms with Gasteiger partial charge in [-0.05, 0) is 36.5 Å². The van der Waals surface area contributed by atoms with Gasteiger partial charge < -0.3 is 5.11 Å². The Bertz CT molecular complexity index is 449. The smallest absolute Gasteiger partial charge is 0.142 e. The number of halogens is 3. The summed E-state index contributed by atoms with van der Waals surface area (Å²) >= 11 is 11.8. The van der Waals surface area contributed by atoms with E-state index in [2.05, 4.69) is 0 Å². The Morgan fingerprint density at radius 2 is 2.06 bits per heavy atom. The average molecular weight is 277 g/mol. The molecule has 4 heteroatoms. The molecule has 1 aliphatic rings. The van der Waals surface area contributed by atoms with Crippen LogP contribution in [0, 0.1) is 11.2 Å². The van der Waals surface area contributed by atoms with Crippen LogP contribution >= 0.6 is 23.2 Å². The summed E-state index contributed by atoms with van der Waals surface area (Å²) in [6, 6.07) is 2.84. The Morgan fingerprint density at radius 3 is 2.59 bits per heavy atom. The normalized spacial score (nSPS) is 32.4. The van der Waals surface area contributed by atoms with E-state index < -0.39 is 5.82 Å². The van der Waals surface area contributed by atoms with Crippen LogP contribution in [0.25, 0.3) is 0 Å². The molecule has 2 rings (SSSR count). The predicted octanol–water partition coefficient (Wildman–Crippen LogP) is 4.40. The van der Waals surface area contributed by atoms with Gasteiger partial charge in [0.1, 0.15) is 5.82 Å². The number of hydrogen-bond acceptors (Lipinski definition) is 1. The van der Waals surface area contributed by atoms with Gasteiger partial charge in [0.15, 0.2) is 0 Å². The maximum atomic E-state index is 13.5. The maximum absolute atomic E-state index is 13.5. The number of aliphatic hydroxyl groups excluding tert-OH is 1. The van der Waals surface area contributed by atoms with E-state index in [4.69, 9.17) is 23.2 Å². The van der Waals surface area contributed by atoms with Crippen LogP contribution in [-0.4, -0.2) is 11.2 Å². The van der Waals surface area contributed by atoms with Crippen LogP contribution in [0.1, 0.15) is 38.2 Å². The molecule has 1 nitrogen and oxygen atoms in total. The van der Waals surface area contributed by atoms with Crippen LogP contribution in [-0.2, 0) is 0 Å². The molecule has 1 fully saturated rings. The van der Waals surface area contributed by atoms with Gasteiger partial charge in [-0.3, -0.25) is 0 Å². The third kappa shape index (κ3) is 1.96. The molecule has 1 aliphatic carbocycles. The second kappa shape index (κ2) is 4.42. The summed E-state index contributed by atoms with van der Waals surface area (Å²) < 4.78 is 13.5. The van der Waals surface area contributed by atoms with Crippen molar-refractivity contribution >= 4 is 23.2 Å². The van der Waals surface area contributed by atoms with Gasteiger partial charge in [0.25, 0.3) is 0 Å². The lowest BCUT2D eigenvalue weighted by molar-refractivity contribution is -0.0778. The zero-order chi connectivity index (χ0) is 12.8. The van der Waals surface area contributed by atoms with Crippen LogP contribution in [0.4, 0.5) is 4.39 Å². The molecule has 0 aromatic heterocycles. The van der Waals surface area contributed by atoms with E-state index in [1.54, 1.807) is 0 Å². The summed E-state index contributed by atoms with van der Waals surface area (Å²) in [7, 11) is 0. The van der Waals surface area contributed by atoms with Crippen molar-refractivity contribution in [1.29, 1.82) is 0 Å². The molecule has 3 atom stereocenters. The molecule has 1 saturated carbocycles. The maximum Gasteiger partial charge on any atom is 0.142 e. The Labute approximate surface area is 111 Å². The third-order valence-corrected chi connectivity index (χ3v) is 4.81. The van der Waals surface area contributed by atoms with E-state index in [9.17, 15) is 9.50 Å². The first kappa shape index (κ1) is 13.1. The molecule has 0 aliphatic heterocycles. The number of rotatable bonds is 2. The van der Waals surface area contributed by atoms with E-state index in [0.29, 0.717) is 11.4 Å². The van der Waals surface area contributed by atoms with E-state index >= 15 is 0 Å². The number of hydrogen-bond donors (Lipinski definition) is 1. The molecule has 1 aromatic rings. The van der Waals surface area contributed by atoms with E-state index in [1.165, 1.54) is 12.1 Å². The predicted molar refractivity (Wildman–Crippen MR) is 68.2 cm³/mol. The standard InChI is InChI=1S/C13H15Cl2FO/c1-3-13(2)8(5-12(13)17)7-4-11(16)10(15)6-9(7)14/h4,6,8,12,17H,3,5H2,1-2H3. The lowest BCUT2D eigenvalue weighted by atomic mass is 9.55. The largest absolute Gasteiger partial charge is 0.393 e. The van der Waals surface area contributed by atoms with Crippen LogP contribution < -0.4 is 0 Å². The van der Waals surface area contributed by atoms with Gasteiger partial charge in [0.05, 0.1) is 11.1 Å². The van der Waals surface area contributed by atoms with Crippen molar-refractivity contribution in [3.63, 3.8) is 0 Å². The molecule has 0 spiro atoms. The molecule has 0 saturated heterocycles. The lowest BCUT2D eigenvalue weighted by Crippen LogP contribution is -2.49. The van der Waals surface area contributed by atoms with Gasteiger partial charge in [-0.15, -0.1) is 0 Å². The Hall–Kier alpha value is -0.310. The van der Waals surface area contributed by atoms with E-state index in [1.807, 2.05) is 13.8 Å². The van der Waals surface area contributed by atoms with Gasteiger partial charge >= 0.3 is 0 Å². The Kier molecular flexibility index (Phi) is 3.41. The first-order valence-electron chi connectivity index (χ1n) is 5.72. The summed E-state index contributed by atoms with van der Waals surface area (Å²) in [5.41, 5.74) is 0.535.